The molecule has 1 fully saturated rings. The van der Waals surface area contributed by atoms with Crippen molar-refractivity contribution in [1.82, 2.24) is 10.2 Å². The van der Waals surface area contributed by atoms with Gasteiger partial charge in [0.15, 0.2) is 0 Å². The predicted octanol–water partition coefficient (Wildman–Crippen LogP) is 2.27. The second-order valence-corrected chi connectivity index (χ2v) is 6.65. The highest BCUT2D eigenvalue weighted by atomic mass is 32.2. The number of urea groups is 1. The lowest BCUT2D eigenvalue weighted by Crippen LogP contribution is -2.46. The van der Waals surface area contributed by atoms with E-state index in [0.29, 0.717) is 0 Å². The third kappa shape index (κ3) is 5.61. The Morgan fingerprint density at radius 1 is 1.35 bits per heavy atom. The van der Waals surface area contributed by atoms with E-state index >= 15 is 0 Å². The summed E-state index contributed by atoms with van der Waals surface area (Å²) < 4.78 is 0. The van der Waals surface area contributed by atoms with E-state index in [9.17, 15) is 9.59 Å². The Kier molecular flexibility index (Phi) is 7.19. The van der Waals surface area contributed by atoms with Crippen LogP contribution in [0.3, 0.4) is 0 Å². The fourth-order valence-electron chi connectivity index (χ4n) is 2.57. The molecule has 20 heavy (non-hydrogen) atoms. The Morgan fingerprint density at radius 3 is 2.45 bits per heavy atom. The maximum absolute atomic E-state index is 12.0. The molecular weight excluding hydrogens is 276 g/mol. The second-order valence-electron chi connectivity index (χ2n) is 5.74. The molecule has 2 amide bonds. The molecule has 0 aromatic carbocycles. The van der Waals surface area contributed by atoms with Crippen LogP contribution in [0.2, 0.25) is 0 Å². The highest BCUT2D eigenvalue weighted by Gasteiger charge is 2.24. The molecule has 0 spiro atoms. The molecule has 6 heteroatoms. The van der Waals surface area contributed by atoms with Crippen molar-refractivity contribution in [3.63, 3.8) is 0 Å². The Bertz CT molecular complexity index is 330. The largest absolute Gasteiger partial charge is 0.481 e. The van der Waals surface area contributed by atoms with Crippen molar-refractivity contribution in [2.45, 2.75) is 38.6 Å². The van der Waals surface area contributed by atoms with E-state index in [-0.39, 0.29) is 18.6 Å². The van der Waals surface area contributed by atoms with Crippen LogP contribution in [0.4, 0.5) is 4.79 Å². The van der Waals surface area contributed by atoms with E-state index in [4.69, 9.17) is 5.11 Å². The summed E-state index contributed by atoms with van der Waals surface area (Å²) in [6.45, 7) is 1.85. The third-order valence-electron chi connectivity index (χ3n) is 3.89. The molecule has 0 heterocycles. The molecule has 1 aliphatic rings. The van der Waals surface area contributed by atoms with Gasteiger partial charge in [-0.05, 0) is 43.6 Å². The van der Waals surface area contributed by atoms with Crippen LogP contribution in [0.25, 0.3) is 0 Å². The second kappa shape index (κ2) is 8.39. The highest BCUT2D eigenvalue weighted by Crippen LogP contribution is 2.26. The molecule has 0 saturated heterocycles. The molecule has 1 aliphatic carbocycles. The summed E-state index contributed by atoms with van der Waals surface area (Å²) in [6.07, 6.45) is 6.52. The molecular formula is C14H26N2O3S. The topological polar surface area (TPSA) is 69.6 Å². The van der Waals surface area contributed by atoms with Gasteiger partial charge in [-0.1, -0.05) is 6.92 Å². The van der Waals surface area contributed by atoms with Crippen molar-refractivity contribution in [3.05, 3.63) is 0 Å². The van der Waals surface area contributed by atoms with Gasteiger partial charge < -0.3 is 15.3 Å². The molecule has 5 nitrogen and oxygen atoms in total. The normalized spacial score (nSPS) is 23.9. The number of hydrogen-bond acceptors (Lipinski definition) is 3. The average Bonchev–Trinajstić information content (AvgIpc) is 2.41. The minimum atomic E-state index is -0.873. The maximum Gasteiger partial charge on any atom is 0.317 e. The van der Waals surface area contributed by atoms with Crippen molar-refractivity contribution in [3.8, 4) is 0 Å². The van der Waals surface area contributed by atoms with Crippen LogP contribution in [0, 0.1) is 11.8 Å². The molecule has 0 aromatic heterocycles. The van der Waals surface area contributed by atoms with Crippen molar-refractivity contribution in [2.75, 3.05) is 25.6 Å². The van der Waals surface area contributed by atoms with Crippen LogP contribution in [0.5, 0.6) is 0 Å². The van der Waals surface area contributed by atoms with Gasteiger partial charge in [0.2, 0.25) is 0 Å². The third-order valence-corrected chi connectivity index (χ3v) is 4.70. The van der Waals surface area contributed by atoms with E-state index in [2.05, 4.69) is 11.6 Å². The predicted molar refractivity (Wildman–Crippen MR) is 82.1 cm³/mol. The first-order chi connectivity index (χ1) is 9.43. The number of rotatable bonds is 6. The molecule has 116 valence electrons. The fourth-order valence-corrected chi connectivity index (χ4v) is 3.37. The van der Waals surface area contributed by atoms with Gasteiger partial charge in [0.25, 0.3) is 0 Å². The smallest absolute Gasteiger partial charge is 0.317 e. The summed E-state index contributed by atoms with van der Waals surface area (Å²) in [7, 11) is 1.65. The molecule has 0 aliphatic heterocycles. The first kappa shape index (κ1) is 17.1. The van der Waals surface area contributed by atoms with E-state index in [0.717, 1.165) is 18.8 Å². The summed E-state index contributed by atoms with van der Waals surface area (Å²) in [5.74, 6) is 0.574. The standard InChI is InChI=1S/C14H26N2O3S/c1-10(13(17)18)8-16(2)14(19)15-12-6-4-11(5-7-12)9-20-3/h10-12H,4-9H2,1-3H3,(H,15,19)(H,17,18). The van der Waals surface area contributed by atoms with Crippen LogP contribution in [-0.2, 0) is 4.79 Å². The Labute approximate surface area is 125 Å². The maximum atomic E-state index is 12.0. The van der Waals surface area contributed by atoms with Crippen molar-refractivity contribution in [2.24, 2.45) is 11.8 Å². The molecule has 0 aromatic rings. The first-order valence-corrected chi connectivity index (χ1v) is 8.56. The van der Waals surface area contributed by atoms with Gasteiger partial charge in [0, 0.05) is 19.6 Å². The molecule has 1 saturated carbocycles. The Morgan fingerprint density at radius 2 is 1.95 bits per heavy atom. The number of nitrogens with zero attached hydrogens (tertiary/aromatic N) is 1. The highest BCUT2D eigenvalue weighted by molar-refractivity contribution is 7.98. The molecule has 2 N–H and O–H groups in total. The molecule has 1 rings (SSSR count). The van der Waals surface area contributed by atoms with Gasteiger partial charge in [0.05, 0.1) is 5.92 Å². The van der Waals surface area contributed by atoms with Crippen molar-refractivity contribution >= 4 is 23.8 Å². The average molecular weight is 302 g/mol. The van der Waals surface area contributed by atoms with Crippen LogP contribution in [0.1, 0.15) is 32.6 Å². The van der Waals surface area contributed by atoms with Gasteiger partial charge in [-0.15, -0.1) is 0 Å². The van der Waals surface area contributed by atoms with E-state index in [1.165, 1.54) is 23.5 Å². The number of carbonyl (C=O) groups is 2. The minimum absolute atomic E-state index is 0.161. The van der Waals surface area contributed by atoms with Crippen LogP contribution in [-0.4, -0.2) is 53.6 Å². The zero-order valence-corrected chi connectivity index (χ0v) is 13.4. The number of hydrogen-bond donors (Lipinski definition) is 2. The lowest BCUT2D eigenvalue weighted by atomic mass is 9.87. The van der Waals surface area contributed by atoms with Crippen molar-refractivity contribution < 1.29 is 14.7 Å². The SMILES string of the molecule is CSCC1CCC(NC(=O)N(C)CC(C)C(=O)O)CC1. The van der Waals surface area contributed by atoms with E-state index in [1.54, 1.807) is 14.0 Å². The number of carboxylic acid groups (broad SMARTS) is 1. The van der Waals surface area contributed by atoms with E-state index < -0.39 is 11.9 Å². The van der Waals surface area contributed by atoms with Crippen LogP contribution >= 0.6 is 11.8 Å². The quantitative estimate of drug-likeness (QED) is 0.789. The van der Waals surface area contributed by atoms with Gasteiger partial charge >= 0.3 is 12.0 Å². The van der Waals surface area contributed by atoms with Crippen LogP contribution < -0.4 is 5.32 Å². The number of carbonyl (C=O) groups excluding carboxylic acids is 1. The van der Waals surface area contributed by atoms with Gasteiger partial charge in [0.1, 0.15) is 0 Å². The number of amides is 2. The summed E-state index contributed by atoms with van der Waals surface area (Å²) in [6, 6.07) is 0.0783. The number of aliphatic carboxylic acids is 1. The Balaban J connectivity index is 2.30. The summed E-state index contributed by atoms with van der Waals surface area (Å²) >= 11 is 1.89. The zero-order valence-electron chi connectivity index (χ0n) is 12.6. The van der Waals surface area contributed by atoms with Gasteiger partial charge in [-0.3, -0.25) is 4.79 Å². The molecule has 0 bridgehead atoms. The van der Waals surface area contributed by atoms with E-state index in [1.807, 2.05) is 11.8 Å². The first-order valence-electron chi connectivity index (χ1n) is 7.17. The number of carboxylic acids is 1. The number of thioether (sulfide) groups is 1. The van der Waals surface area contributed by atoms with Crippen LogP contribution in [0.15, 0.2) is 0 Å². The summed E-state index contributed by atoms with van der Waals surface area (Å²) in [5.41, 5.74) is 0. The Hall–Kier alpha value is -0.910. The van der Waals surface area contributed by atoms with Gasteiger partial charge in [-0.2, -0.15) is 11.8 Å². The lowest BCUT2D eigenvalue weighted by molar-refractivity contribution is -0.141. The minimum Gasteiger partial charge on any atom is -0.481 e. The van der Waals surface area contributed by atoms with Gasteiger partial charge in [-0.25, -0.2) is 4.79 Å². The summed E-state index contributed by atoms with van der Waals surface area (Å²) in [5, 5.41) is 11.9. The zero-order chi connectivity index (χ0) is 15.1. The summed E-state index contributed by atoms with van der Waals surface area (Å²) in [4.78, 5) is 24.2. The van der Waals surface area contributed by atoms with Crippen molar-refractivity contribution in [1.29, 1.82) is 0 Å². The molecule has 1 unspecified atom stereocenters. The monoisotopic (exact) mass is 302 g/mol. The molecule has 1 atom stereocenters. The fraction of sp³-hybridized carbons (Fsp3) is 0.857. The number of nitrogens with one attached hydrogen (secondary N) is 1. The lowest BCUT2D eigenvalue weighted by Gasteiger charge is -2.30. The molecule has 0 radical (unpaired) electrons.